The number of ether oxygens (including phenoxy) is 1. The highest BCUT2D eigenvalue weighted by Crippen LogP contribution is 2.38. The molecule has 0 aromatic heterocycles. The monoisotopic (exact) mass is 314 g/mol. The average molecular weight is 316 g/mol. The van der Waals surface area contributed by atoms with Crippen LogP contribution >= 0.6 is 27.5 Å². The second kappa shape index (κ2) is 5.07. The number of halogens is 3. The molecule has 0 aliphatic carbocycles. The van der Waals surface area contributed by atoms with Gasteiger partial charge in [-0.05, 0) is 40.2 Å². The van der Waals surface area contributed by atoms with E-state index in [4.69, 9.17) is 16.3 Å². The van der Waals surface area contributed by atoms with E-state index in [-0.39, 0.29) is 5.82 Å². The SMILES string of the molecule is COc1c(Br)cccc1-c1cc(Cl)ccc1F. The molecule has 17 heavy (non-hydrogen) atoms. The molecule has 0 heterocycles. The van der Waals surface area contributed by atoms with Crippen LogP contribution in [0.5, 0.6) is 5.75 Å². The van der Waals surface area contributed by atoms with Gasteiger partial charge in [-0.3, -0.25) is 0 Å². The number of rotatable bonds is 2. The fraction of sp³-hybridized carbons (Fsp3) is 0.0769. The fourth-order valence-electron chi connectivity index (χ4n) is 1.63. The van der Waals surface area contributed by atoms with Gasteiger partial charge < -0.3 is 4.74 Å². The molecule has 0 aliphatic heterocycles. The van der Waals surface area contributed by atoms with E-state index in [2.05, 4.69) is 15.9 Å². The number of methoxy groups -OCH3 is 1. The van der Waals surface area contributed by atoms with Gasteiger partial charge in [-0.25, -0.2) is 4.39 Å². The lowest BCUT2D eigenvalue weighted by Gasteiger charge is -2.11. The zero-order valence-corrected chi connectivity index (χ0v) is 11.3. The van der Waals surface area contributed by atoms with Crippen LogP contribution in [0.1, 0.15) is 0 Å². The minimum absolute atomic E-state index is 0.328. The van der Waals surface area contributed by atoms with Crippen LogP contribution in [0.2, 0.25) is 5.02 Å². The van der Waals surface area contributed by atoms with Crippen molar-refractivity contribution in [2.75, 3.05) is 7.11 Å². The smallest absolute Gasteiger partial charge is 0.140 e. The lowest BCUT2D eigenvalue weighted by atomic mass is 10.0. The summed E-state index contributed by atoms with van der Waals surface area (Å²) in [6.07, 6.45) is 0. The molecule has 0 N–H and O–H groups in total. The van der Waals surface area contributed by atoms with Crippen LogP contribution < -0.4 is 4.74 Å². The second-order valence-electron chi connectivity index (χ2n) is 3.44. The highest BCUT2D eigenvalue weighted by atomic mass is 79.9. The van der Waals surface area contributed by atoms with Crippen molar-refractivity contribution < 1.29 is 9.13 Å². The Morgan fingerprint density at radius 1 is 1.18 bits per heavy atom. The summed E-state index contributed by atoms with van der Waals surface area (Å²) >= 11 is 9.25. The van der Waals surface area contributed by atoms with Gasteiger partial charge in [0.15, 0.2) is 0 Å². The Kier molecular flexibility index (Phi) is 3.69. The summed E-state index contributed by atoms with van der Waals surface area (Å²) in [5.74, 6) is 0.263. The first-order valence-corrected chi connectivity index (χ1v) is 6.08. The topological polar surface area (TPSA) is 9.23 Å². The number of hydrogen-bond donors (Lipinski definition) is 0. The minimum atomic E-state index is -0.328. The van der Waals surface area contributed by atoms with Crippen molar-refractivity contribution in [2.24, 2.45) is 0 Å². The molecular weight excluding hydrogens is 306 g/mol. The number of benzene rings is 2. The molecule has 0 saturated heterocycles. The van der Waals surface area contributed by atoms with Gasteiger partial charge in [0.1, 0.15) is 11.6 Å². The normalized spacial score (nSPS) is 10.4. The second-order valence-corrected chi connectivity index (χ2v) is 4.74. The van der Waals surface area contributed by atoms with Crippen molar-refractivity contribution in [3.8, 4) is 16.9 Å². The summed E-state index contributed by atoms with van der Waals surface area (Å²) < 4.78 is 19.8. The van der Waals surface area contributed by atoms with Gasteiger partial charge in [0.2, 0.25) is 0 Å². The molecule has 0 fully saturated rings. The maximum Gasteiger partial charge on any atom is 0.140 e. The molecule has 2 aromatic rings. The van der Waals surface area contributed by atoms with Gasteiger partial charge in [0, 0.05) is 16.1 Å². The van der Waals surface area contributed by atoms with E-state index < -0.39 is 0 Å². The predicted octanol–water partition coefficient (Wildman–Crippen LogP) is 4.92. The molecule has 0 spiro atoms. The Morgan fingerprint density at radius 2 is 1.94 bits per heavy atom. The van der Waals surface area contributed by atoms with Crippen molar-refractivity contribution in [3.63, 3.8) is 0 Å². The van der Waals surface area contributed by atoms with E-state index in [0.717, 1.165) is 4.47 Å². The number of para-hydroxylation sites is 1. The first-order valence-electron chi connectivity index (χ1n) is 4.91. The Labute approximate surface area is 112 Å². The van der Waals surface area contributed by atoms with E-state index >= 15 is 0 Å². The molecule has 88 valence electrons. The van der Waals surface area contributed by atoms with Crippen molar-refractivity contribution in [2.45, 2.75) is 0 Å². The molecule has 0 atom stereocenters. The highest BCUT2D eigenvalue weighted by molar-refractivity contribution is 9.10. The maximum atomic E-state index is 13.8. The summed E-state index contributed by atoms with van der Waals surface area (Å²) in [6.45, 7) is 0. The molecule has 2 rings (SSSR count). The van der Waals surface area contributed by atoms with Crippen LogP contribution in [0.3, 0.4) is 0 Å². The van der Waals surface area contributed by atoms with Gasteiger partial charge >= 0.3 is 0 Å². The highest BCUT2D eigenvalue weighted by Gasteiger charge is 2.13. The largest absolute Gasteiger partial charge is 0.495 e. The van der Waals surface area contributed by atoms with Crippen molar-refractivity contribution in [1.82, 2.24) is 0 Å². The van der Waals surface area contributed by atoms with Crippen LogP contribution in [0.15, 0.2) is 40.9 Å². The van der Waals surface area contributed by atoms with Crippen LogP contribution in [-0.4, -0.2) is 7.11 Å². The minimum Gasteiger partial charge on any atom is -0.495 e. The summed E-state index contributed by atoms with van der Waals surface area (Å²) in [6, 6.07) is 9.90. The molecule has 0 radical (unpaired) electrons. The Hall–Kier alpha value is -1.06. The first-order chi connectivity index (χ1) is 8.13. The predicted molar refractivity (Wildman–Crippen MR) is 71.1 cm³/mol. The molecule has 2 aromatic carbocycles. The van der Waals surface area contributed by atoms with Crippen LogP contribution in [0.25, 0.3) is 11.1 Å². The summed E-state index contributed by atoms with van der Waals surface area (Å²) in [5, 5.41) is 0.489. The summed E-state index contributed by atoms with van der Waals surface area (Å²) in [5.41, 5.74) is 1.09. The van der Waals surface area contributed by atoms with Gasteiger partial charge in [-0.2, -0.15) is 0 Å². The Balaban J connectivity index is 2.68. The molecule has 0 unspecified atom stereocenters. The maximum absolute atomic E-state index is 13.8. The molecule has 1 nitrogen and oxygen atoms in total. The van der Waals surface area contributed by atoms with Gasteiger partial charge in [0.25, 0.3) is 0 Å². The van der Waals surface area contributed by atoms with Crippen molar-refractivity contribution in [1.29, 1.82) is 0 Å². The van der Waals surface area contributed by atoms with E-state index in [0.29, 0.717) is 21.9 Å². The van der Waals surface area contributed by atoms with Crippen molar-refractivity contribution >= 4 is 27.5 Å². The number of hydrogen-bond acceptors (Lipinski definition) is 1. The third-order valence-corrected chi connectivity index (χ3v) is 3.25. The van der Waals surface area contributed by atoms with Crippen LogP contribution in [0.4, 0.5) is 4.39 Å². The standard InChI is InChI=1S/C13H9BrClFO/c1-17-13-9(3-2-4-11(13)14)10-7-8(15)5-6-12(10)16/h2-7H,1H3. The van der Waals surface area contributed by atoms with E-state index in [1.807, 2.05) is 12.1 Å². The molecular formula is C13H9BrClFO. The lowest BCUT2D eigenvalue weighted by molar-refractivity contribution is 0.413. The summed E-state index contributed by atoms with van der Waals surface area (Å²) in [4.78, 5) is 0. The Bertz CT molecular complexity index is 557. The first kappa shape index (κ1) is 12.4. The molecule has 4 heteroatoms. The van der Waals surface area contributed by atoms with Crippen LogP contribution in [0, 0.1) is 5.82 Å². The van der Waals surface area contributed by atoms with Gasteiger partial charge in [-0.15, -0.1) is 0 Å². The molecule has 0 bridgehead atoms. The third kappa shape index (κ3) is 2.45. The van der Waals surface area contributed by atoms with Gasteiger partial charge in [0.05, 0.1) is 11.6 Å². The summed E-state index contributed by atoms with van der Waals surface area (Å²) in [7, 11) is 1.55. The third-order valence-electron chi connectivity index (χ3n) is 2.39. The van der Waals surface area contributed by atoms with E-state index in [1.165, 1.54) is 12.1 Å². The fourth-order valence-corrected chi connectivity index (χ4v) is 2.33. The molecule has 0 saturated carbocycles. The zero-order valence-electron chi connectivity index (χ0n) is 9.01. The van der Waals surface area contributed by atoms with Crippen LogP contribution in [-0.2, 0) is 0 Å². The van der Waals surface area contributed by atoms with E-state index in [1.54, 1.807) is 19.2 Å². The molecule has 0 amide bonds. The van der Waals surface area contributed by atoms with Gasteiger partial charge in [-0.1, -0.05) is 23.7 Å². The van der Waals surface area contributed by atoms with Crippen molar-refractivity contribution in [3.05, 3.63) is 51.7 Å². The Morgan fingerprint density at radius 3 is 2.65 bits per heavy atom. The van der Waals surface area contributed by atoms with E-state index in [9.17, 15) is 4.39 Å². The lowest BCUT2D eigenvalue weighted by Crippen LogP contribution is -1.91. The quantitative estimate of drug-likeness (QED) is 0.764. The molecule has 0 aliphatic rings. The average Bonchev–Trinajstić information content (AvgIpc) is 2.32. The zero-order chi connectivity index (χ0) is 12.4.